The molecule has 0 spiro atoms. The Morgan fingerprint density at radius 1 is 0.500 bits per heavy atom. The van der Waals surface area contributed by atoms with Crippen molar-refractivity contribution < 1.29 is 4.42 Å². The molecule has 242 valence electrons. The van der Waals surface area contributed by atoms with E-state index in [1.807, 2.05) is 18.2 Å². The summed E-state index contributed by atoms with van der Waals surface area (Å²) in [6.45, 7) is 19.9. The highest BCUT2D eigenvalue weighted by Gasteiger charge is 2.38. The molecule has 0 bridgehead atoms. The third-order valence-corrected chi connectivity index (χ3v) is 11.3. The van der Waals surface area contributed by atoms with Crippen LogP contribution in [-0.2, 0) is 5.41 Å². The molecule has 7 aromatic carbocycles. The number of hydrogen-bond acceptors (Lipinski definition) is 1. The van der Waals surface area contributed by atoms with Gasteiger partial charge >= 0.3 is 0 Å². The highest BCUT2D eigenvalue weighted by Crippen LogP contribution is 2.54. The number of fused-ring (bicyclic) bond motifs is 13. The van der Waals surface area contributed by atoms with Crippen LogP contribution >= 0.6 is 0 Å². The lowest BCUT2D eigenvalue weighted by Gasteiger charge is -2.23. The summed E-state index contributed by atoms with van der Waals surface area (Å²) in [7, 11) is 0. The van der Waals surface area contributed by atoms with E-state index in [9.17, 15) is 0 Å². The van der Waals surface area contributed by atoms with Gasteiger partial charge in [-0.2, -0.15) is 0 Å². The summed E-state index contributed by atoms with van der Waals surface area (Å²) in [5.74, 6) is 0. The van der Waals surface area contributed by atoms with Crippen LogP contribution < -0.4 is 0 Å². The summed E-state index contributed by atoms with van der Waals surface area (Å²) in [6.07, 6.45) is 0. The van der Waals surface area contributed by atoms with Crippen molar-refractivity contribution in [1.29, 1.82) is 0 Å². The molecule has 0 fully saturated rings. The van der Waals surface area contributed by atoms with Gasteiger partial charge in [-0.05, 0) is 94.4 Å². The molecule has 1 aliphatic rings. The Morgan fingerprint density at radius 2 is 1.10 bits per heavy atom. The minimum Gasteiger partial charge on any atom is -0.456 e. The summed E-state index contributed by atoms with van der Waals surface area (Å²) in [4.78, 5) is 7.47. The van der Waals surface area contributed by atoms with E-state index in [2.05, 4.69) is 148 Å². The maximum atomic E-state index is 7.69. The Hall–Kier alpha value is -7.08. The van der Waals surface area contributed by atoms with Gasteiger partial charge in [0.15, 0.2) is 11.4 Å². The van der Waals surface area contributed by atoms with Crippen molar-refractivity contribution in [2.45, 2.75) is 19.3 Å². The van der Waals surface area contributed by atoms with Gasteiger partial charge in [-0.1, -0.05) is 80.6 Å². The molecular weight excluding hydrogens is 637 g/mol. The summed E-state index contributed by atoms with van der Waals surface area (Å²) in [5.41, 5.74) is 14.2. The molecule has 52 heavy (non-hydrogen) atoms. The van der Waals surface area contributed by atoms with Crippen LogP contribution in [0.25, 0.3) is 97.7 Å². The normalized spacial score (nSPS) is 13.3. The SMILES string of the molecule is [C-]#[N+]c1ccc2c(c1)-c1ccc3c4ccccc4n(-c4ccc5oc6ccc(-n7c8ccccc8c8cc([N+]#[C-])ccc87)cc6c5c4)c3c1C2(C)C. The van der Waals surface area contributed by atoms with Crippen LogP contribution in [0.1, 0.15) is 25.0 Å². The lowest BCUT2D eigenvalue weighted by molar-refractivity contribution is 0.664. The van der Waals surface area contributed by atoms with Gasteiger partial charge in [0.1, 0.15) is 11.2 Å². The van der Waals surface area contributed by atoms with E-state index >= 15 is 0 Å². The second-order valence-corrected chi connectivity index (χ2v) is 14.3. The fraction of sp³-hybridized carbons (Fsp3) is 0.0638. The van der Waals surface area contributed by atoms with Crippen LogP contribution in [0, 0.1) is 13.1 Å². The van der Waals surface area contributed by atoms with Crippen molar-refractivity contribution in [3.05, 3.63) is 167 Å². The Labute approximate surface area is 298 Å². The molecule has 0 aliphatic heterocycles. The van der Waals surface area contributed by atoms with Gasteiger partial charge in [0.05, 0.1) is 35.2 Å². The summed E-state index contributed by atoms with van der Waals surface area (Å²) in [6, 6.07) is 46.6. The van der Waals surface area contributed by atoms with Crippen LogP contribution in [0.15, 0.2) is 138 Å². The van der Waals surface area contributed by atoms with E-state index in [0.717, 1.165) is 66.2 Å². The standard InChI is InChI=1S/C47H28N4O/c1-47(2)39-19-13-27(48-3)23-35(39)33-17-18-34-31-9-5-8-12-41(31)51(46(34)45(33)47)30-16-22-44-38(26-30)37-25-29(15-21-43(37)52-44)50-40-11-7-6-10-32(40)36-24-28(49-4)14-20-42(36)50/h5-26H,1-2H3. The predicted molar refractivity (Wildman–Crippen MR) is 212 cm³/mol. The van der Waals surface area contributed by atoms with E-state index < -0.39 is 0 Å². The molecule has 5 nitrogen and oxygen atoms in total. The molecule has 3 heterocycles. The van der Waals surface area contributed by atoms with Gasteiger partial charge in [0, 0.05) is 43.7 Å². The Morgan fingerprint density at radius 3 is 1.81 bits per heavy atom. The molecule has 0 saturated heterocycles. The lowest BCUT2D eigenvalue weighted by atomic mass is 9.81. The molecule has 0 unspecified atom stereocenters. The Kier molecular flexibility index (Phi) is 5.53. The van der Waals surface area contributed by atoms with Crippen molar-refractivity contribution in [2.75, 3.05) is 0 Å². The average Bonchev–Trinajstić information content (AvgIpc) is 3.89. The molecule has 0 saturated carbocycles. The number of nitrogens with zero attached hydrogens (tertiary/aromatic N) is 4. The van der Waals surface area contributed by atoms with Gasteiger partial charge < -0.3 is 13.6 Å². The lowest BCUT2D eigenvalue weighted by Crippen LogP contribution is -2.16. The molecule has 0 N–H and O–H groups in total. The monoisotopic (exact) mass is 664 g/mol. The number of furan rings is 1. The first-order valence-electron chi connectivity index (χ1n) is 17.4. The predicted octanol–water partition coefficient (Wildman–Crippen LogP) is 13.2. The van der Waals surface area contributed by atoms with E-state index in [0.29, 0.717) is 11.4 Å². The van der Waals surface area contributed by atoms with E-state index in [4.69, 9.17) is 17.6 Å². The zero-order valence-electron chi connectivity index (χ0n) is 28.4. The third kappa shape index (κ3) is 3.64. The van der Waals surface area contributed by atoms with Gasteiger partial charge in [0.25, 0.3) is 0 Å². The van der Waals surface area contributed by atoms with Crippen molar-refractivity contribution in [3.8, 4) is 22.5 Å². The molecule has 0 amide bonds. The zero-order valence-corrected chi connectivity index (χ0v) is 28.4. The minimum atomic E-state index is -0.268. The molecule has 1 aliphatic carbocycles. The quantitative estimate of drug-likeness (QED) is 0.169. The van der Waals surface area contributed by atoms with E-state index in [1.165, 1.54) is 33.0 Å². The van der Waals surface area contributed by atoms with Crippen LogP contribution in [0.5, 0.6) is 0 Å². The van der Waals surface area contributed by atoms with E-state index in [1.54, 1.807) is 0 Å². The first kappa shape index (κ1) is 28.7. The maximum absolute atomic E-state index is 7.69. The smallest absolute Gasteiger partial charge is 0.188 e. The number of benzene rings is 7. The fourth-order valence-electron chi connectivity index (χ4n) is 9.03. The van der Waals surface area contributed by atoms with E-state index in [-0.39, 0.29) is 5.41 Å². The molecular formula is C47H28N4O. The van der Waals surface area contributed by atoms with Crippen molar-refractivity contribution in [2.24, 2.45) is 0 Å². The number of para-hydroxylation sites is 2. The number of rotatable bonds is 2. The third-order valence-electron chi connectivity index (χ3n) is 11.3. The molecule has 3 aromatic heterocycles. The second-order valence-electron chi connectivity index (χ2n) is 14.3. The molecule has 0 atom stereocenters. The highest BCUT2D eigenvalue weighted by molar-refractivity contribution is 6.15. The van der Waals surface area contributed by atoms with Crippen molar-refractivity contribution in [3.63, 3.8) is 0 Å². The molecule has 0 radical (unpaired) electrons. The van der Waals surface area contributed by atoms with Gasteiger partial charge in [-0.15, -0.1) is 0 Å². The number of aromatic nitrogens is 2. The second kappa shape index (κ2) is 10.0. The van der Waals surface area contributed by atoms with Gasteiger partial charge in [0.2, 0.25) is 0 Å². The topological polar surface area (TPSA) is 31.7 Å². The minimum absolute atomic E-state index is 0.268. The first-order valence-corrected chi connectivity index (χ1v) is 17.4. The largest absolute Gasteiger partial charge is 0.456 e. The van der Waals surface area contributed by atoms with Crippen LogP contribution in [0.2, 0.25) is 0 Å². The Bertz CT molecular complexity index is 3300. The highest BCUT2D eigenvalue weighted by atomic mass is 16.3. The maximum Gasteiger partial charge on any atom is 0.188 e. The average molecular weight is 665 g/mol. The summed E-state index contributed by atoms with van der Waals surface area (Å²) in [5, 5.41) is 6.71. The van der Waals surface area contributed by atoms with Crippen LogP contribution in [0.4, 0.5) is 11.4 Å². The van der Waals surface area contributed by atoms with Gasteiger partial charge in [-0.25, -0.2) is 9.69 Å². The van der Waals surface area contributed by atoms with Crippen molar-refractivity contribution in [1.82, 2.24) is 9.13 Å². The zero-order chi connectivity index (χ0) is 34.9. The summed E-state index contributed by atoms with van der Waals surface area (Å²) < 4.78 is 11.2. The molecule has 5 heteroatoms. The summed E-state index contributed by atoms with van der Waals surface area (Å²) >= 11 is 0. The first-order chi connectivity index (χ1) is 25.4. The number of hydrogen-bond donors (Lipinski definition) is 0. The fourth-order valence-corrected chi connectivity index (χ4v) is 9.03. The molecule has 10 aromatic rings. The Balaban J connectivity index is 1.18. The van der Waals surface area contributed by atoms with Gasteiger partial charge in [-0.3, -0.25) is 0 Å². The van der Waals surface area contributed by atoms with Crippen molar-refractivity contribution >= 4 is 76.9 Å². The van der Waals surface area contributed by atoms with Crippen LogP contribution in [0.3, 0.4) is 0 Å². The molecule has 11 rings (SSSR count). The van der Waals surface area contributed by atoms with Crippen LogP contribution in [-0.4, -0.2) is 9.13 Å².